The lowest BCUT2D eigenvalue weighted by Gasteiger charge is -2.06. The van der Waals surface area contributed by atoms with Crippen LogP contribution in [0.4, 0.5) is 5.00 Å². The molecule has 0 atom stereocenters. The van der Waals surface area contributed by atoms with Gasteiger partial charge in [0.05, 0.1) is 12.2 Å². The Hall–Kier alpha value is -2.13. The standard InChI is InChI=1S/C17H18BrNO6S/c1-4-23-16(21)10-7-12(9(2)3)26-15(10)19-14(20)8-24-17(22)11-5-6-13(18)25-11/h5-7,9H,4,8H2,1-3H3,(H,19,20). The number of hydrogen-bond acceptors (Lipinski definition) is 7. The zero-order valence-corrected chi connectivity index (χ0v) is 16.9. The van der Waals surface area contributed by atoms with Crippen molar-refractivity contribution < 1.29 is 28.3 Å². The molecule has 2 aromatic rings. The van der Waals surface area contributed by atoms with Crippen molar-refractivity contribution in [3.8, 4) is 0 Å². The summed E-state index contributed by atoms with van der Waals surface area (Å²) in [5.74, 6) is -1.66. The number of carbonyl (C=O) groups is 3. The summed E-state index contributed by atoms with van der Waals surface area (Å²) >= 11 is 4.36. The fourth-order valence-electron chi connectivity index (χ4n) is 1.94. The monoisotopic (exact) mass is 443 g/mol. The summed E-state index contributed by atoms with van der Waals surface area (Å²) in [4.78, 5) is 36.9. The van der Waals surface area contributed by atoms with Gasteiger partial charge in [-0.1, -0.05) is 13.8 Å². The molecule has 0 radical (unpaired) electrons. The molecule has 2 aromatic heterocycles. The second-order valence-electron chi connectivity index (χ2n) is 5.49. The van der Waals surface area contributed by atoms with E-state index in [-0.39, 0.29) is 23.8 Å². The van der Waals surface area contributed by atoms with Crippen LogP contribution in [-0.4, -0.2) is 31.1 Å². The van der Waals surface area contributed by atoms with Gasteiger partial charge in [-0.25, -0.2) is 9.59 Å². The molecule has 2 heterocycles. The molecule has 1 N–H and O–H groups in total. The molecule has 9 heteroatoms. The van der Waals surface area contributed by atoms with E-state index in [2.05, 4.69) is 21.2 Å². The van der Waals surface area contributed by atoms with Crippen LogP contribution < -0.4 is 5.32 Å². The molecule has 0 spiro atoms. The van der Waals surface area contributed by atoms with E-state index in [1.165, 1.54) is 17.4 Å². The summed E-state index contributed by atoms with van der Waals surface area (Å²) in [6.45, 7) is 5.40. The smallest absolute Gasteiger partial charge is 0.374 e. The van der Waals surface area contributed by atoms with Crippen LogP contribution in [0.15, 0.2) is 27.3 Å². The van der Waals surface area contributed by atoms with Crippen molar-refractivity contribution >= 4 is 50.1 Å². The average Bonchev–Trinajstić information content (AvgIpc) is 3.19. The summed E-state index contributed by atoms with van der Waals surface area (Å²) in [7, 11) is 0. The molecule has 0 bridgehead atoms. The number of esters is 2. The molecule has 0 aliphatic carbocycles. The van der Waals surface area contributed by atoms with Crippen molar-refractivity contribution in [3.63, 3.8) is 0 Å². The van der Waals surface area contributed by atoms with E-state index in [9.17, 15) is 14.4 Å². The molecule has 26 heavy (non-hydrogen) atoms. The number of anilines is 1. The summed E-state index contributed by atoms with van der Waals surface area (Å²) in [6.07, 6.45) is 0. The highest BCUT2D eigenvalue weighted by atomic mass is 79.9. The fourth-order valence-corrected chi connectivity index (χ4v) is 3.31. The normalized spacial score (nSPS) is 10.7. The SMILES string of the molecule is CCOC(=O)c1cc(C(C)C)sc1NC(=O)COC(=O)c1ccc(Br)o1. The van der Waals surface area contributed by atoms with Crippen LogP contribution in [0.1, 0.15) is 52.5 Å². The topological polar surface area (TPSA) is 94.8 Å². The molecule has 0 aliphatic rings. The van der Waals surface area contributed by atoms with Gasteiger partial charge in [0.25, 0.3) is 5.91 Å². The van der Waals surface area contributed by atoms with Crippen LogP contribution in [0, 0.1) is 0 Å². The number of halogens is 1. The van der Waals surface area contributed by atoms with Gasteiger partial charge in [-0.3, -0.25) is 4.79 Å². The fraction of sp³-hybridized carbons (Fsp3) is 0.353. The molecule has 0 unspecified atom stereocenters. The number of carbonyl (C=O) groups excluding carboxylic acids is 3. The first-order valence-corrected chi connectivity index (χ1v) is 9.46. The van der Waals surface area contributed by atoms with Gasteiger partial charge >= 0.3 is 11.9 Å². The van der Waals surface area contributed by atoms with Crippen molar-refractivity contribution in [1.29, 1.82) is 0 Å². The second-order valence-corrected chi connectivity index (χ2v) is 7.36. The van der Waals surface area contributed by atoms with E-state index in [0.717, 1.165) is 4.88 Å². The van der Waals surface area contributed by atoms with E-state index in [4.69, 9.17) is 13.9 Å². The third-order valence-corrected chi connectivity index (χ3v) is 4.95. The maximum absolute atomic E-state index is 12.1. The van der Waals surface area contributed by atoms with Crippen molar-refractivity contribution in [2.75, 3.05) is 18.5 Å². The van der Waals surface area contributed by atoms with Gasteiger partial charge in [-0.2, -0.15) is 0 Å². The van der Waals surface area contributed by atoms with Crippen molar-refractivity contribution in [2.24, 2.45) is 0 Å². The predicted molar refractivity (Wildman–Crippen MR) is 99.7 cm³/mol. The Morgan fingerprint density at radius 2 is 1.96 bits per heavy atom. The molecule has 0 saturated heterocycles. The lowest BCUT2D eigenvalue weighted by Crippen LogP contribution is -2.21. The van der Waals surface area contributed by atoms with Crippen molar-refractivity contribution in [1.82, 2.24) is 0 Å². The zero-order chi connectivity index (χ0) is 19.3. The highest BCUT2D eigenvalue weighted by Crippen LogP contribution is 2.33. The Balaban J connectivity index is 2.03. The van der Waals surface area contributed by atoms with E-state index in [0.29, 0.717) is 9.67 Å². The van der Waals surface area contributed by atoms with E-state index in [1.807, 2.05) is 13.8 Å². The molecular formula is C17H18BrNO6S. The number of furan rings is 1. The Kier molecular flexibility index (Phi) is 6.98. The van der Waals surface area contributed by atoms with Gasteiger partial charge in [0.1, 0.15) is 5.00 Å². The average molecular weight is 444 g/mol. The largest absolute Gasteiger partial charge is 0.462 e. The zero-order valence-electron chi connectivity index (χ0n) is 14.5. The van der Waals surface area contributed by atoms with E-state index in [1.54, 1.807) is 19.1 Å². The molecule has 2 rings (SSSR count). The van der Waals surface area contributed by atoms with Crippen molar-refractivity contribution in [3.05, 3.63) is 39.1 Å². The molecule has 1 amide bonds. The van der Waals surface area contributed by atoms with Gasteiger partial charge in [0.2, 0.25) is 5.76 Å². The van der Waals surface area contributed by atoms with E-state index < -0.39 is 24.5 Å². The van der Waals surface area contributed by atoms with Gasteiger partial charge in [0.15, 0.2) is 11.3 Å². The Morgan fingerprint density at radius 3 is 2.54 bits per heavy atom. The third kappa shape index (κ3) is 5.18. The molecule has 0 aromatic carbocycles. The quantitative estimate of drug-likeness (QED) is 0.644. The van der Waals surface area contributed by atoms with Gasteiger partial charge in [-0.05, 0) is 47.0 Å². The van der Waals surface area contributed by atoms with Gasteiger partial charge in [0, 0.05) is 4.88 Å². The first-order valence-electron chi connectivity index (χ1n) is 7.85. The Bertz CT molecular complexity index is 810. The third-order valence-electron chi connectivity index (χ3n) is 3.18. The summed E-state index contributed by atoms with van der Waals surface area (Å²) < 4.78 is 15.4. The summed E-state index contributed by atoms with van der Waals surface area (Å²) in [6, 6.07) is 4.67. The predicted octanol–water partition coefficient (Wildman–Crippen LogP) is 4.20. The minimum atomic E-state index is -0.759. The Labute approximate surface area is 162 Å². The molecule has 140 valence electrons. The highest BCUT2D eigenvalue weighted by Gasteiger charge is 2.21. The number of rotatable bonds is 7. The summed E-state index contributed by atoms with van der Waals surface area (Å²) in [5, 5.41) is 2.97. The Morgan fingerprint density at radius 1 is 1.23 bits per heavy atom. The number of thiophene rings is 1. The maximum Gasteiger partial charge on any atom is 0.374 e. The van der Waals surface area contributed by atoms with E-state index >= 15 is 0 Å². The first kappa shape index (κ1) is 20.2. The number of ether oxygens (including phenoxy) is 2. The highest BCUT2D eigenvalue weighted by molar-refractivity contribution is 9.10. The number of hydrogen-bond donors (Lipinski definition) is 1. The number of nitrogens with one attached hydrogen (secondary N) is 1. The minimum Gasteiger partial charge on any atom is -0.462 e. The second kappa shape index (κ2) is 9.00. The van der Waals surface area contributed by atoms with Crippen LogP contribution >= 0.6 is 27.3 Å². The van der Waals surface area contributed by atoms with Crippen LogP contribution in [-0.2, 0) is 14.3 Å². The van der Waals surface area contributed by atoms with Crippen LogP contribution in [0.3, 0.4) is 0 Å². The van der Waals surface area contributed by atoms with Crippen LogP contribution in [0.5, 0.6) is 0 Å². The van der Waals surface area contributed by atoms with Gasteiger partial charge < -0.3 is 19.2 Å². The number of amides is 1. The molecular weight excluding hydrogens is 426 g/mol. The van der Waals surface area contributed by atoms with Crippen LogP contribution in [0.2, 0.25) is 0 Å². The lowest BCUT2D eigenvalue weighted by molar-refractivity contribution is -0.119. The first-order chi connectivity index (χ1) is 12.3. The van der Waals surface area contributed by atoms with Gasteiger partial charge in [-0.15, -0.1) is 11.3 Å². The summed E-state index contributed by atoms with van der Waals surface area (Å²) in [5.41, 5.74) is 0.287. The minimum absolute atomic E-state index is 0.0184. The van der Waals surface area contributed by atoms with Crippen molar-refractivity contribution in [2.45, 2.75) is 26.7 Å². The molecule has 7 nitrogen and oxygen atoms in total. The van der Waals surface area contributed by atoms with Crippen LogP contribution in [0.25, 0.3) is 0 Å². The molecule has 0 aliphatic heterocycles. The molecule has 0 saturated carbocycles. The maximum atomic E-state index is 12.1. The lowest BCUT2D eigenvalue weighted by atomic mass is 10.1. The molecule has 0 fully saturated rings.